The maximum Gasteiger partial charge on any atom is 0.407 e. The van der Waals surface area contributed by atoms with Crippen LogP contribution in [0.25, 0.3) is 0 Å². The summed E-state index contributed by atoms with van der Waals surface area (Å²) in [4.78, 5) is 19.8. The molecule has 0 atom stereocenters. The van der Waals surface area contributed by atoms with E-state index in [1.165, 1.54) is 0 Å². The number of amides is 1. The van der Waals surface area contributed by atoms with Crippen LogP contribution in [0.4, 0.5) is 4.79 Å². The molecule has 0 radical (unpaired) electrons. The molecular formula is C14H21N5O2. The van der Waals surface area contributed by atoms with Crippen LogP contribution in [0.2, 0.25) is 0 Å². The number of alkyl carbamates (subject to hydrolysis) is 1. The summed E-state index contributed by atoms with van der Waals surface area (Å²) < 4.78 is 9.19. The second kappa shape index (κ2) is 6.43. The lowest BCUT2D eigenvalue weighted by Gasteiger charge is -2.19. The number of imidazole rings is 2. The third-order valence-corrected chi connectivity index (χ3v) is 2.77. The van der Waals surface area contributed by atoms with Gasteiger partial charge in [0.2, 0.25) is 0 Å². The lowest BCUT2D eigenvalue weighted by atomic mass is 10.2. The highest BCUT2D eigenvalue weighted by molar-refractivity contribution is 5.67. The van der Waals surface area contributed by atoms with E-state index in [0.29, 0.717) is 6.54 Å². The molecule has 2 rings (SSSR count). The van der Waals surface area contributed by atoms with E-state index in [1.54, 1.807) is 25.0 Å². The third-order valence-electron chi connectivity index (χ3n) is 2.77. The maximum absolute atomic E-state index is 11.6. The summed E-state index contributed by atoms with van der Waals surface area (Å²) in [5.41, 5.74) is 0.437. The topological polar surface area (TPSA) is 74.0 Å². The Hall–Kier alpha value is -2.31. The molecule has 0 aliphatic heterocycles. The summed E-state index contributed by atoms with van der Waals surface area (Å²) in [6.07, 6.45) is 8.50. The van der Waals surface area contributed by atoms with Gasteiger partial charge in [0.15, 0.2) is 0 Å². The molecule has 2 heterocycles. The van der Waals surface area contributed by atoms with Gasteiger partial charge in [0.1, 0.15) is 5.60 Å². The Bertz CT molecular complexity index is 568. The van der Waals surface area contributed by atoms with E-state index >= 15 is 0 Å². The Balaban J connectivity index is 1.84. The molecule has 114 valence electrons. The summed E-state index contributed by atoms with van der Waals surface area (Å²) in [7, 11) is 0. The summed E-state index contributed by atoms with van der Waals surface area (Å²) in [6.45, 7) is 7.46. The molecule has 1 amide bonds. The van der Waals surface area contributed by atoms with Gasteiger partial charge in [-0.05, 0) is 20.8 Å². The molecule has 0 bridgehead atoms. The van der Waals surface area contributed by atoms with Crippen molar-refractivity contribution in [2.75, 3.05) is 0 Å². The number of hydrogen-bond donors (Lipinski definition) is 1. The molecule has 21 heavy (non-hydrogen) atoms. The van der Waals surface area contributed by atoms with Crippen molar-refractivity contribution in [3.05, 3.63) is 36.9 Å². The number of rotatable bonds is 5. The van der Waals surface area contributed by atoms with Crippen molar-refractivity contribution in [2.45, 2.75) is 46.0 Å². The number of nitrogens with zero attached hydrogens (tertiary/aromatic N) is 4. The molecule has 0 saturated heterocycles. The molecule has 2 aromatic heterocycles. The molecule has 7 nitrogen and oxygen atoms in total. The zero-order valence-electron chi connectivity index (χ0n) is 12.6. The van der Waals surface area contributed by atoms with Gasteiger partial charge in [-0.3, -0.25) is 0 Å². The number of aryl methyl sites for hydroxylation is 2. The molecule has 2 aromatic rings. The SMILES string of the molecule is CC(C)(C)OC(=O)NCc1cncn1CCn1ccnc1. The Labute approximate surface area is 124 Å². The van der Waals surface area contributed by atoms with Crippen molar-refractivity contribution < 1.29 is 9.53 Å². The van der Waals surface area contributed by atoms with Gasteiger partial charge in [0.25, 0.3) is 0 Å². The minimum Gasteiger partial charge on any atom is -0.444 e. The first-order valence-electron chi connectivity index (χ1n) is 6.85. The monoisotopic (exact) mass is 291 g/mol. The van der Waals surface area contributed by atoms with Crippen LogP contribution in [-0.4, -0.2) is 30.8 Å². The van der Waals surface area contributed by atoms with E-state index in [2.05, 4.69) is 15.3 Å². The van der Waals surface area contributed by atoms with Gasteiger partial charge in [0, 0.05) is 31.7 Å². The average molecular weight is 291 g/mol. The van der Waals surface area contributed by atoms with Crippen LogP contribution < -0.4 is 5.32 Å². The standard InChI is InChI=1S/C14H21N5O2/c1-14(2,3)21-13(20)17-9-12-8-16-11-19(12)7-6-18-5-4-15-10-18/h4-5,8,10-11H,6-7,9H2,1-3H3,(H,17,20). The normalized spacial score (nSPS) is 11.4. The van der Waals surface area contributed by atoms with Crippen molar-refractivity contribution in [1.29, 1.82) is 0 Å². The van der Waals surface area contributed by atoms with E-state index in [9.17, 15) is 4.79 Å². The largest absolute Gasteiger partial charge is 0.444 e. The Morgan fingerprint density at radius 3 is 2.76 bits per heavy atom. The minimum atomic E-state index is -0.494. The maximum atomic E-state index is 11.6. The predicted octanol–water partition coefficient (Wildman–Crippen LogP) is 1.80. The van der Waals surface area contributed by atoms with Gasteiger partial charge in [0.05, 0.1) is 24.9 Å². The minimum absolute atomic E-state index is 0.388. The average Bonchev–Trinajstić information content (AvgIpc) is 3.03. The summed E-state index contributed by atoms with van der Waals surface area (Å²) >= 11 is 0. The summed E-state index contributed by atoms with van der Waals surface area (Å²) in [6, 6.07) is 0. The third kappa shape index (κ3) is 4.94. The number of carbonyl (C=O) groups is 1. The van der Waals surface area contributed by atoms with Crippen molar-refractivity contribution in [1.82, 2.24) is 24.4 Å². The van der Waals surface area contributed by atoms with Gasteiger partial charge in [-0.2, -0.15) is 0 Å². The zero-order chi connectivity index (χ0) is 15.3. The molecular weight excluding hydrogens is 270 g/mol. The Morgan fingerprint density at radius 1 is 1.29 bits per heavy atom. The van der Waals surface area contributed by atoms with Gasteiger partial charge in [-0.1, -0.05) is 0 Å². The first-order chi connectivity index (χ1) is 9.94. The quantitative estimate of drug-likeness (QED) is 0.911. The van der Waals surface area contributed by atoms with Crippen molar-refractivity contribution in [3.63, 3.8) is 0 Å². The highest BCUT2D eigenvalue weighted by atomic mass is 16.6. The van der Waals surface area contributed by atoms with Crippen molar-refractivity contribution >= 4 is 6.09 Å². The number of carbonyl (C=O) groups excluding carboxylic acids is 1. The Kier molecular flexibility index (Phi) is 4.62. The lowest BCUT2D eigenvalue weighted by Crippen LogP contribution is -2.32. The zero-order valence-corrected chi connectivity index (χ0v) is 12.6. The highest BCUT2D eigenvalue weighted by Crippen LogP contribution is 2.07. The van der Waals surface area contributed by atoms with Crippen LogP contribution >= 0.6 is 0 Å². The molecule has 0 aromatic carbocycles. The molecule has 0 spiro atoms. The smallest absolute Gasteiger partial charge is 0.407 e. The predicted molar refractivity (Wildman–Crippen MR) is 77.5 cm³/mol. The number of ether oxygens (including phenoxy) is 1. The summed E-state index contributed by atoms with van der Waals surface area (Å²) in [5, 5.41) is 2.73. The van der Waals surface area contributed by atoms with Crippen LogP contribution in [0.1, 0.15) is 26.5 Å². The van der Waals surface area contributed by atoms with Gasteiger partial charge < -0.3 is 19.2 Å². The first-order valence-corrected chi connectivity index (χ1v) is 6.85. The van der Waals surface area contributed by atoms with Crippen LogP contribution in [-0.2, 0) is 24.4 Å². The van der Waals surface area contributed by atoms with Crippen molar-refractivity contribution in [2.24, 2.45) is 0 Å². The Morgan fingerprint density at radius 2 is 2.10 bits per heavy atom. The highest BCUT2D eigenvalue weighted by Gasteiger charge is 2.16. The number of aromatic nitrogens is 4. The van der Waals surface area contributed by atoms with E-state index in [1.807, 2.05) is 36.1 Å². The number of nitrogens with one attached hydrogen (secondary N) is 1. The van der Waals surface area contributed by atoms with E-state index < -0.39 is 11.7 Å². The van der Waals surface area contributed by atoms with Gasteiger partial charge in [-0.25, -0.2) is 14.8 Å². The molecule has 0 aliphatic rings. The van der Waals surface area contributed by atoms with Crippen LogP contribution in [0.5, 0.6) is 0 Å². The fourth-order valence-corrected chi connectivity index (χ4v) is 1.82. The van der Waals surface area contributed by atoms with Crippen LogP contribution in [0.15, 0.2) is 31.2 Å². The molecule has 0 unspecified atom stereocenters. The molecule has 0 fully saturated rings. The molecule has 7 heteroatoms. The summed E-state index contributed by atoms with van der Waals surface area (Å²) in [5.74, 6) is 0. The number of hydrogen-bond acceptors (Lipinski definition) is 4. The van der Waals surface area contributed by atoms with Crippen LogP contribution in [0.3, 0.4) is 0 Å². The molecule has 0 aliphatic carbocycles. The first kappa shape index (κ1) is 15.1. The fourth-order valence-electron chi connectivity index (χ4n) is 1.82. The second-order valence-corrected chi connectivity index (χ2v) is 5.73. The fraction of sp³-hybridized carbons (Fsp3) is 0.500. The van der Waals surface area contributed by atoms with E-state index in [-0.39, 0.29) is 0 Å². The molecule has 1 N–H and O–H groups in total. The van der Waals surface area contributed by atoms with E-state index in [4.69, 9.17) is 4.74 Å². The van der Waals surface area contributed by atoms with E-state index in [0.717, 1.165) is 18.8 Å². The van der Waals surface area contributed by atoms with Gasteiger partial charge >= 0.3 is 6.09 Å². The lowest BCUT2D eigenvalue weighted by molar-refractivity contribution is 0.0522. The van der Waals surface area contributed by atoms with Gasteiger partial charge in [-0.15, -0.1) is 0 Å². The second-order valence-electron chi connectivity index (χ2n) is 5.73. The van der Waals surface area contributed by atoms with Crippen LogP contribution in [0, 0.1) is 0 Å². The van der Waals surface area contributed by atoms with Crippen molar-refractivity contribution in [3.8, 4) is 0 Å². The molecule has 0 saturated carbocycles.